The van der Waals surface area contributed by atoms with Gasteiger partial charge in [0.25, 0.3) is 0 Å². The second kappa shape index (κ2) is 5.23. The molecule has 0 radical (unpaired) electrons. The Morgan fingerprint density at radius 3 is 2.79 bits per heavy atom. The number of amides is 1. The van der Waals surface area contributed by atoms with Gasteiger partial charge in [0.2, 0.25) is 0 Å². The molecule has 1 fully saturated rings. The van der Waals surface area contributed by atoms with Gasteiger partial charge in [-0.1, -0.05) is 13.3 Å². The van der Waals surface area contributed by atoms with Gasteiger partial charge in [-0.2, -0.15) is 0 Å². The van der Waals surface area contributed by atoms with Crippen molar-refractivity contribution in [2.24, 2.45) is 0 Å². The zero-order valence-electron chi connectivity index (χ0n) is 9.45. The van der Waals surface area contributed by atoms with Crippen molar-refractivity contribution in [2.45, 2.75) is 58.0 Å². The summed E-state index contributed by atoms with van der Waals surface area (Å²) in [5.74, 6) is 0. The molecular formula is C11H21NO2. The van der Waals surface area contributed by atoms with Gasteiger partial charge in [0.15, 0.2) is 0 Å². The fourth-order valence-corrected chi connectivity index (χ4v) is 2.34. The van der Waals surface area contributed by atoms with Crippen LogP contribution in [0.1, 0.15) is 46.0 Å². The van der Waals surface area contributed by atoms with Crippen LogP contribution < -0.4 is 0 Å². The fourth-order valence-electron chi connectivity index (χ4n) is 2.34. The molecule has 0 aromatic heterocycles. The maximum Gasteiger partial charge on any atom is 0.409 e. The monoisotopic (exact) mass is 199 g/mol. The molecule has 0 aromatic carbocycles. The van der Waals surface area contributed by atoms with Crippen molar-refractivity contribution in [1.82, 2.24) is 4.90 Å². The van der Waals surface area contributed by atoms with Gasteiger partial charge in [-0.25, -0.2) is 4.79 Å². The number of likely N-dealkylation sites (tertiary alicyclic amines) is 1. The van der Waals surface area contributed by atoms with E-state index in [4.69, 9.17) is 4.74 Å². The Morgan fingerprint density at radius 1 is 1.50 bits per heavy atom. The molecule has 0 spiro atoms. The van der Waals surface area contributed by atoms with Crippen molar-refractivity contribution in [2.75, 3.05) is 7.11 Å². The van der Waals surface area contributed by atoms with Crippen molar-refractivity contribution in [3.63, 3.8) is 0 Å². The smallest absolute Gasteiger partial charge is 0.409 e. The Bertz CT molecular complexity index is 192. The molecule has 0 aromatic rings. The predicted octanol–water partition coefficient (Wildman–Crippen LogP) is 2.80. The summed E-state index contributed by atoms with van der Waals surface area (Å²) in [4.78, 5) is 13.5. The Morgan fingerprint density at radius 2 is 2.21 bits per heavy atom. The number of methoxy groups -OCH3 is 1. The molecule has 0 N–H and O–H groups in total. The van der Waals surface area contributed by atoms with Crippen molar-refractivity contribution in [3.8, 4) is 0 Å². The summed E-state index contributed by atoms with van der Waals surface area (Å²) in [6, 6.07) is 0.740. The van der Waals surface area contributed by atoms with E-state index in [-0.39, 0.29) is 6.09 Å². The van der Waals surface area contributed by atoms with E-state index in [2.05, 4.69) is 13.8 Å². The highest BCUT2D eigenvalue weighted by atomic mass is 16.5. The molecule has 82 valence electrons. The zero-order chi connectivity index (χ0) is 10.6. The Labute approximate surface area is 86.4 Å². The first-order valence-electron chi connectivity index (χ1n) is 5.57. The minimum Gasteiger partial charge on any atom is -0.453 e. The van der Waals surface area contributed by atoms with Gasteiger partial charge in [-0.3, -0.25) is 0 Å². The van der Waals surface area contributed by atoms with Crippen LogP contribution in [0.3, 0.4) is 0 Å². The van der Waals surface area contributed by atoms with Crippen LogP contribution in [0.15, 0.2) is 0 Å². The molecule has 0 aliphatic carbocycles. The van der Waals surface area contributed by atoms with Crippen molar-refractivity contribution < 1.29 is 9.53 Å². The molecule has 1 heterocycles. The van der Waals surface area contributed by atoms with Gasteiger partial charge in [0, 0.05) is 12.1 Å². The lowest BCUT2D eigenvalue weighted by Crippen LogP contribution is -2.48. The number of ether oxygens (including phenoxy) is 1. The molecule has 14 heavy (non-hydrogen) atoms. The molecule has 1 aliphatic rings. The molecule has 3 nitrogen and oxygen atoms in total. The van der Waals surface area contributed by atoms with Gasteiger partial charge >= 0.3 is 6.09 Å². The third-order valence-electron chi connectivity index (χ3n) is 3.03. The topological polar surface area (TPSA) is 29.5 Å². The first-order valence-corrected chi connectivity index (χ1v) is 5.57. The number of hydrogen-bond acceptors (Lipinski definition) is 2. The predicted molar refractivity (Wildman–Crippen MR) is 56.3 cm³/mol. The fraction of sp³-hybridized carbons (Fsp3) is 0.909. The van der Waals surface area contributed by atoms with Crippen LogP contribution >= 0.6 is 0 Å². The van der Waals surface area contributed by atoms with Crippen LogP contribution in [-0.4, -0.2) is 30.2 Å². The summed E-state index contributed by atoms with van der Waals surface area (Å²) in [5.41, 5.74) is 0. The quantitative estimate of drug-likeness (QED) is 0.684. The van der Waals surface area contributed by atoms with Crippen molar-refractivity contribution >= 4 is 6.09 Å². The molecule has 2 atom stereocenters. The highest BCUT2D eigenvalue weighted by Gasteiger charge is 2.31. The Kier molecular flexibility index (Phi) is 4.23. The molecule has 0 saturated carbocycles. The highest BCUT2D eigenvalue weighted by molar-refractivity contribution is 5.68. The summed E-state index contributed by atoms with van der Waals surface area (Å²) >= 11 is 0. The standard InChI is InChI=1S/C11H21NO2/c1-4-6-10-8-5-7-9(2)12(10)11(13)14-3/h9-10H,4-8H2,1-3H3/t9-,10+/m1/s1. The van der Waals surface area contributed by atoms with E-state index >= 15 is 0 Å². The second-order valence-corrected chi connectivity index (χ2v) is 4.10. The first-order chi connectivity index (χ1) is 6.70. The molecule has 1 saturated heterocycles. The Balaban J connectivity index is 2.65. The van der Waals surface area contributed by atoms with Crippen LogP contribution in [0.2, 0.25) is 0 Å². The SMILES string of the molecule is CCC[C@H]1CCC[C@@H](C)N1C(=O)OC. The molecule has 1 aliphatic heterocycles. The largest absolute Gasteiger partial charge is 0.453 e. The number of hydrogen-bond donors (Lipinski definition) is 0. The minimum absolute atomic E-state index is 0.157. The third kappa shape index (κ3) is 2.40. The maximum atomic E-state index is 11.6. The molecule has 0 unspecified atom stereocenters. The summed E-state index contributed by atoms with van der Waals surface area (Å²) in [6.45, 7) is 4.27. The van der Waals surface area contributed by atoms with E-state index in [0.717, 1.165) is 25.7 Å². The van der Waals surface area contributed by atoms with E-state index in [0.29, 0.717) is 12.1 Å². The average Bonchev–Trinajstić information content (AvgIpc) is 2.18. The minimum atomic E-state index is -0.157. The van der Waals surface area contributed by atoms with Gasteiger partial charge in [0.05, 0.1) is 7.11 Å². The van der Waals surface area contributed by atoms with E-state index in [1.54, 1.807) is 0 Å². The molecule has 1 amide bonds. The van der Waals surface area contributed by atoms with Crippen LogP contribution in [0, 0.1) is 0 Å². The normalized spacial score (nSPS) is 27.5. The van der Waals surface area contributed by atoms with E-state index in [9.17, 15) is 4.79 Å². The molecule has 0 bridgehead atoms. The maximum absolute atomic E-state index is 11.6. The van der Waals surface area contributed by atoms with E-state index in [1.165, 1.54) is 13.5 Å². The zero-order valence-corrected chi connectivity index (χ0v) is 9.45. The number of nitrogens with zero attached hydrogens (tertiary/aromatic N) is 1. The number of rotatable bonds is 2. The molecular weight excluding hydrogens is 178 g/mol. The van der Waals surface area contributed by atoms with Crippen LogP contribution in [0.5, 0.6) is 0 Å². The van der Waals surface area contributed by atoms with E-state index in [1.807, 2.05) is 4.90 Å². The number of carbonyl (C=O) groups is 1. The average molecular weight is 199 g/mol. The third-order valence-corrected chi connectivity index (χ3v) is 3.03. The van der Waals surface area contributed by atoms with Crippen LogP contribution in [0.4, 0.5) is 4.79 Å². The lowest BCUT2D eigenvalue weighted by molar-refractivity contribution is 0.0607. The summed E-state index contributed by atoms with van der Waals surface area (Å²) in [7, 11) is 1.46. The van der Waals surface area contributed by atoms with Gasteiger partial charge < -0.3 is 9.64 Å². The van der Waals surface area contributed by atoms with Crippen molar-refractivity contribution in [3.05, 3.63) is 0 Å². The van der Waals surface area contributed by atoms with Gasteiger partial charge in [-0.15, -0.1) is 0 Å². The first kappa shape index (κ1) is 11.3. The van der Waals surface area contributed by atoms with Crippen molar-refractivity contribution in [1.29, 1.82) is 0 Å². The highest BCUT2D eigenvalue weighted by Crippen LogP contribution is 2.26. The lowest BCUT2D eigenvalue weighted by Gasteiger charge is -2.39. The molecule has 3 heteroatoms. The second-order valence-electron chi connectivity index (χ2n) is 4.10. The molecule has 1 rings (SSSR count). The summed E-state index contributed by atoms with van der Waals surface area (Å²) in [5, 5.41) is 0. The van der Waals surface area contributed by atoms with Crippen LogP contribution in [-0.2, 0) is 4.74 Å². The summed E-state index contributed by atoms with van der Waals surface area (Å²) < 4.78 is 4.82. The van der Waals surface area contributed by atoms with Crippen LogP contribution in [0.25, 0.3) is 0 Å². The Hall–Kier alpha value is -0.730. The number of piperidine rings is 1. The van der Waals surface area contributed by atoms with Gasteiger partial charge in [-0.05, 0) is 32.6 Å². The van der Waals surface area contributed by atoms with E-state index < -0.39 is 0 Å². The lowest BCUT2D eigenvalue weighted by atomic mass is 9.94. The van der Waals surface area contributed by atoms with Gasteiger partial charge in [0.1, 0.15) is 0 Å². The number of carbonyl (C=O) groups excluding carboxylic acids is 1. The summed E-state index contributed by atoms with van der Waals surface area (Å²) in [6.07, 6.45) is 5.54.